The molecule has 0 bridgehead atoms. The fourth-order valence-corrected chi connectivity index (χ4v) is 3.68. The number of aryl methyl sites for hydroxylation is 1. The molecule has 0 aliphatic carbocycles. The number of rotatable bonds is 7. The molecule has 0 unspecified atom stereocenters. The van der Waals surface area contributed by atoms with Crippen LogP contribution in [0.4, 0.5) is 5.69 Å². The number of para-hydroxylation sites is 1. The minimum atomic E-state index is 0. The fraction of sp³-hybridized carbons (Fsp3) is 0.619. The molecule has 2 N–H and O–H groups in total. The number of anilines is 1. The van der Waals surface area contributed by atoms with E-state index in [1.54, 1.807) is 7.05 Å². The van der Waals surface area contributed by atoms with Crippen LogP contribution in [0.15, 0.2) is 29.3 Å². The zero-order valence-electron chi connectivity index (χ0n) is 17.9. The molecule has 158 valence electrons. The lowest BCUT2D eigenvalue weighted by molar-refractivity contribution is -0.117. The van der Waals surface area contributed by atoms with E-state index in [9.17, 15) is 4.79 Å². The van der Waals surface area contributed by atoms with Gasteiger partial charge in [0.25, 0.3) is 0 Å². The lowest BCUT2D eigenvalue weighted by atomic mass is 10.0. The Kier molecular flexibility index (Phi) is 10.8. The predicted molar refractivity (Wildman–Crippen MR) is 129 cm³/mol. The molecule has 2 rings (SSSR count). The molecule has 0 spiro atoms. The van der Waals surface area contributed by atoms with Gasteiger partial charge in [0.05, 0.1) is 6.54 Å². The number of nitrogens with zero attached hydrogens (tertiary/aromatic N) is 3. The summed E-state index contributed by atoms with van der Waals surface area (Å²) >= 11 is 0. The van der Waals surface area contributed by atoms with Gasteiger partial charge in [-0.1, -0.05) is 18.2 Å². The van der Waals surface area contributed by atoms with Crippen molar-refractivity contribution in [1.82, 2.24) is 15.5 Å². The van der Waals surface area contributed by atoms with Gasteiger partial charge in [-0.3, -0.25) is 14.7 Å². The first kappa shape index (κ1) is 24.7. The van der Waals surface area contributed by atoms with E-state index in [0.29, 0.717) is 18.0 Å². The Bertz CT molecular complexity index is 639. The fourth-order valence-electron chi connectivity index (χ4n) is 3.68. The second-order valence-electron chi connectivity index (χ2n) is 7.56. The van der Waals surface area contributed by atoms with Crippen molar-refractivity contribution in [3.63, 3.8) is 0 Å². The Morgan fingerprint density at radius 2 is 1.86 bits per heavy atom. The van der Waals surface area contributed by atoms with Gasteiger partial charge in [-0.15, -0.1) is 24.0 Å². The molecule has 0 fully saturated rings. The number of guanidine groups is 1. The minimum Gasteiger partial charge on any atom is -0.355 e. The molecule has 0 radical (unpaired) electrons. The van der Waals surface area contributed by atoms with Crippen molar-refractivity contribution in [2.75, 3.05) is 38.1 Å². The van der Waals surface area contributed by atoms with E-state index < -0.39 is 0 Å². The van der Waals surface area contributed by atoms with Gasteiger partial charge in [-0.05, 0) is 52.2 Å². The van der Waals surface area contributed by atoms with Gasteiger partial charge in [0.2, 0.25) is 5.91 Å². The molecule has 28 heavy (non-hydrogen) atoms. The molecule has 0 atom stereocenters. The van der Waals surface area contributed by atoms with Gasteiger partial charge in [0.15, 0.2) is 5.96 Å². The number of hydrogen-bond acceptors (Lipinski definition) is 3. The maximum Gasteiger partial charge on any atom is 0.246 e. The average molecular weight is 501 g/mol. The lowest BCUT2D eigenvalue weighted by Crippen LogP contribution is -2.48. The number of fused-ring (bicyclic) bond motifs is 1. The number of amides is 1. The Balaban J connectivity index is 0.00000392. The first-order chi connectivity index (χ1) is 12.9. The van der Waals surface area contributed by atoms with Crippen LogP contribution >= 0.6 is 24.0 Å². The van der Waals surface area contributed by atoms with Crippen molar-refractivity contribution >= 4 is 41.5 Å². The van der Waals surface area contributed by atoms with Gasteiger partial charge in [-0.2, -0.15) is 0 Å². The smallest absolute Gasteiger partial charge is 0.246 e. The van der Waals surface area contributed by atoms with Crippen molar-refractivity contribution in [3.05, 3.63) is 29.8 Å². The SMILES string of the molecule is CN=C(NCCN(C(C)C)C(C)C)NCC(=O)N1CCCc2ccccc21.I. The topological polar surface area (TPSA) is 60.0 Å². The molecule has 1 aromatic rings. The third-order valence-electron chi connectivity index (χ3n) is 5.03. The molecular formula is C21H36IN5O. The molecule has 1 aliphatic rings. The molecule has 0 saturated carbocycles. The highest BCUT2D eigenvalue weighted by atomic mass is 127. The summed E-state index contributed by atoms with van der Waals surface area (Å²) < 4.78 is 0. The van der Waals surface area contributed by atoms with E-state index in [2.05, 4.69) is 54.3 Å². The Morgan fingerprint density at radius 3 is 2.50 bits per heavy atom. The van der Waals surface area contributed by atoms with Crippen molar-refractivity contribution in [2.24, 2.45) is 4.99 Å². The van der Waals surface area contributed by atoms with Crippen LogP contribution in [-0.2, 0) is 11.2 Å². The van der Waals surface area contributed by atoms with E-state index in [0.717, 1.165) is 38.2 Å². The molecule has 1 aliphatic heterocycles. The lowest BCUT2D eigenvalue weighted by Gasteiger charge is -2.31. The molecule has 7 heteroatoms. The van der Waals surface area contributed by atoms with Gasteiger partial charge in [-0.25, -0.2) is 0 Å². The molecule has 0 aromatic heterocycles. The second kappa shape index (κ2) is 12.3. The van der Waals surface area contributed by atoms with E-state index in [-0.39, 0.29) is 36.4 Å². The average Bonchev–Trinajstić information content (AvgIpc) is 2.66. The van der Waals surface area contributed by atoms with Gasteiger partial charge < -0.3 is 15.5 Å². The first-order valence-corrected chi connectivity index (χ1v) is 10.0. The number of benzene rings is 1. The molecular weight excluding hydrogens is 465 g/mol. The zero-order valence-corrected chi connectivity index (χ0v) is 20.2. The van der Waals surface area contributed by atoms with Crippen LogP contribution in [0.5, 0.6) is 0 Å². The van der Waals surface area contributed by atoms with Crippen molar-refractivity contribution in [3.8, 4) is 0 Å². The van der Waals surface area contributed by atoms with Gasteiger partial charge in [0, 0.05) is 44.5 Å². The summed E-state index contributed by atoms with van der Waals surface area (Å²) in [5.74, 6) is 0.747. The van der Waals surface area contributed by atoms with E-state index in [4.69, 9.17) is 0 Å². The van der Waals surface area contributed by atoms with Gasteiger partial charge in [0.1, 0.15) is 0 Å². The summed E-state index contributed by atoms with van der Waals surface area (Å²) in [7, 11) is 1.73. The van der Waals surface area contributed by atoms with E-state index >= 15 is 0 Å². The quantitative estimate of drug-likeness (QED) is 0.343. The first-order valence-electron chi connectivity index (χ1n) is 10.0. The Hall–Kier alpha value is -1.35. The Morgan fingerprint density at radius 1 is 1.18 bits per heavy atom. The largest absolute Gasteiger partial charge is 0.355 e. The van der Waals surface area contributed by atoms with Crippen molar-refractivity contribution in [1.29, 1.82) is 0 Å². The number of halogens is 1. The third kappa shape index (κ3) is 6.92. The van der Waals surface area contributed by atoms with Crippen LogP contribution in [0.1, 0.15) is 39.7 Å². The highest BCUT2D eigenvalue weighted by molar-refractivity contribution is 14.0. The van der Waals surface area contributed by atoms with Crippen LogP contribution < -0.4 is 15.5 Å². The summed E-state index contributed by atoms with van der Waals surface area (Å²) in [5.41, 5.74) is 2.30. The highest BCUT2D eigenvalue weighted by Crippen LogP contribution is 2.26. The maximum absolute atomic E-state index is 12.7. The van der Waals surface area contributed by atoms with Crippen molar-refractivity contribution < 1.29 is 4.79 Å². The summed E-state index contributed by atoms with van der Waals surface area (Å²) in [6.07, 6.45) is 2.05. The summed E-state index contributed by atoms with van der Waals surface area (Å²) in [6, 6.07) is 9.18. The summed E-state index contributed by atoms with van der Waals surface area (Å²) in [4.78, 5) is 21.3. The third-order valence-corrected chi connectivity index (χ3v) is 5.03. The summed E-state index contributed by atoms with van der Waals surface area (Å²) in [5, 5.41) is 6.47. The standard InChI is InChI=1S/C21H35N5O.HI/c1-16(2)25(17(3)4)14-12-23-21(22-5)24-15-20(27)26-13-8-10-18-9-6-7-11-19(18)26;/h6-7,9,11,16-17H,8,10,12-15H2,1-5H3,(H2,22,23,24);1H. The van der Waals surface area contributed by atoms with E-state index in [1.807, 2.05) is 23.1 Å². The maximum atomic E-state index is 12.7. The van der Waals surface area contributed by atoms with Crippen LogP contribution in [0.3, 0.4) is 0 Å². The molecule has 1 aromatic carbocycles. The van der Waals surface area contributed by atoms with Crippen LogP contribution in [0.2, 0.25) is 0 Å². The number of hydrogen-bond donors (Lipinski definition) is 2. The van der Waals surface area contributed by atoms with E-state index in [1.165, 1.54) is 5.56 Å². The van der Waals surface area contributed by atoms with Crippen LogP contribution in [-0.4, -0.2) is 62.1 Å². The Labute approximate surface area is 187 Å². The highest BCUT2D eigenvalue weighted by Gasteiger charge is 2.22. The van der Waals surface area contributed by atoms with Crippen molar-refractivity contribution in [2.45, 2.75) is 52.6 Å². The zero-order chi connectivity index (χ0) is 19.8. The number of carbonyl (C=O) groups is 1. The second-order valence-corrected chi connectivity index (χ2v) is 7.56. The van der Waals surface area contributed by atoms with Crippen LogP contribution in [0, 0.1) is 0 Å². The molecule has 0 saturated heterocycles. The summed E-state index contributed by atoms with van der Waals surface area (Å²) in [6.45, 7) is 11.6. The molecule has 6 nitrogen and oxygen atoms in total. The van der Waals surface area contributed by atoms with Crippen LogP contribution in [0.25, 0.3) is 0 Å². The normalized spacial score (nSPS) is 14.1. The predicted octanol–water partition coefficient (Wildman–Crippen LogP) is 2.87. The number of nitrogens with one attached hydrogen (secondary N) is 2. The number of carbonyl (C=O) groups excluding carboxylic acids is 1. The minimum absolute atomic E-state index is 0. The number of aliphatic imine (C=N–C) groups is 1. The monoisotopic (exact) mass is 501 g/mol. The molecule has 1 amide bonds. The molecule has 1 heterocycles. The van der Waals surface area contributed by atoms with Gasteiger partial charge >= 0.3 is 0 Å².